The molecule has 0 radical (unpaired) electrons. The predicted molar refractivity (Wildman–Crippen MR) is 56.1 cm³/mol. The van der Waals surface area contributed by atoms with Crippen LogP contribution < -0.4 is 5.32 Å². The Bertz CT molecular complexity index is 261. The van der Waals surface area contributed by atoms with Gasteiger partial charge in [-0.05, 0) is 25.0 Å². The molecular formula is C11H17NO. The van der Waals surface area contributed by atoms with Crippen LogP contribution in [0.25, 0.3) is 0 Å². The van der Waals surface area contributed by atoms with Crippen LogP contribution in [0.2, 0.25) is 0 Å². The summed E-state index contributed by atoms with van der Waals surface area (Å²) in [5.41, 5.74) is 2.57. The molecule has 1 N–H and O–H groups in total. The van der Waals surface area contributed by atoms with E-state index in [0.29, 0.717) is 6.42 Å². The van der Waals surface area contributed by atoms with E-state index in [0.717, 1.165) is 16.8 Å². The highest BCUT2D eigenvalue weighted by atomic mass is 16.1. The van der Waals surface area contributed by atoms with Crippen molar-refractivity contribution in [2.75, 3.05) is 0 Å². The van der Waals surface area contributed by atoms with Crippen molar-refractivity contribution in [1.82, 2.24) is 5.32 Å². The average molecular weight is 179 g/mol. The van der Waals surface area contributed by atoms with Gasteiger partial charge < -0.3 is 5.32 Å². The molecular weight excluding hydrogens is 162 g/mol. The number of hydrogen-bond acceptors (Lipinski definition) is 1. The highest BCUT2D eigenvalue weighted by Gasteiger charge is 2.04. The Balaban J connectivity index is 4.74. The van der Waals surface area contributed by atoms with Crippen LogP contribution >= 0.6 is 0 Å². The summed E-state index contributed by atoms with van der Waals surface area (Å²) in [5, 5.41) is 2.79. The first-order valence-electron chi connectivity index (χ1n) is 4.32. The van der Waals surface area contributed by atoms with E-state index in [1.165, 1.54) is 0 Å². The summed E-state index contributed by atoms with van der Waals surface area (Å²) in [6, 6.07) is 0. The Hall–Kier alpha value is -1.31. The number of amides is 1. The van der Waals surface area contributed by atoms with Crippen LogP contribution in [0.1, 0.15) is 27.2 Å². The van der Waals surface area contributed by atoms with Gasteiger partial charge in [0.25, 0.3) is 0 Å². The molecule has 0 bridgehead atoms. The van der Waals surface area contributed by atoms with Gasteiger partial charge in [0, 0.05) is 12.1 Å². The number of carbonyl (C=O) groups is 1. The van der Waals surface area contributed by atoms with Crippen LogP contribution in [-0.4, -0.2) is 5.91 Å². The minimum atomic E-state index is -0.000741. The molecule has 0 aromatic heterocycles. The molecule has 0 unspecified atom stereocenters. The van der Waals surface area contributed by atoms with Gasteiger partial charge in [0.05, 0.1) is 0 Å². The lowest BCUT2D eigenvalue weighted by molar-refractivity contribution is -0.120. The van der Waals surface area contributed by atoms with Crippen LogP contribution in [0.3, 0.4) is 0 Å². The summed E-state index contributed by atoms with van der Waals surface area (Å²) in [6.07, 6.45) is 2.18. The summed E-state index contributed by atoms with van der Waals surface area (Å²) in [5.74, 6) is -0.000741. The number of hydrogen-bond donors (Lipinski definition) is 1. The Kier molecular flexibility index (Phi) is 4.82. The fraction of sp³-hybridized carbons (Fsp3) is 0.364. The van der Waals surface area contributed by atoms with E-state index in [4.69, 9.17) is 0 Å². The first kappa shape index (κ1) is 11.7. The maximum Gasteiger partial charge on any atom is 0.224 e. The van der Waals surface area contributed by atoms with E-state index < -0.39 is 0 Å². The molecule has 0 aliphatic carbocycles. The molecule has 2 heteroatoms. The van der Waals surface area contributed by atoms with Gasteiger partial charge in [-0.15, -0.1) is 0 Å². The Morgan fingerprint density at radius 1 is 1.46 bits per heavy atom. The predicted octanol–water partition coefficient (Wildman–Crippen LogP) is 2.55. The fourth-order valence-electron chi connectivity index (χ4n) is 0.872. The lowest BCUT2D eigenvalue weighted by atomic mass is 10.1. The second-order valence-corrected chi connectivity index (χ2v) is 2.94. The lowest BCUT2D eigenvalue weighted by Crippen LogP contribution is -2.22. The van der Waals surface area contributed by atoms with Crippen molar-refractivity contribution >= 4 is 5.91 Å². The monoisotopic (exact) mass is 179 g/mol. The van der Waals surface area contributed by atoms with Crippen molar-refractivity contribution in [3.8, 4) is 0 Å². The minimum Gasteiger partial charge on any atom is -0.326 e. The third kappa shape index (κ3) is 3.74. The molecule has 0 aromatic rings. The standard InChI is InChI=1S/C11H17NO/c1-6-9(5)11(8(3)4)12-10(13)7-2/h6H,1,3,7H2,2,4-5H3,(H,12,13)/b11-9+. The van der Waals surface area contributed by atoms with E-state index in [1.54, 1.807) is 6.08 Å². The second kappa shape index (κ2) is 5.36. The summed E-state index contributed by atoms with van der Waals surface area (Å²) in [6.45, 7) is 13.0. The Morgan fingerprint density at radius 2 is 2.00 bits per heavy atom. The fourth-order valence-corrected chi connectivity index (χ4v) is 0.872. The quantitative estimate of drug-likeness (QED) is 0.660. The zero-order valence-electron chi connectivity index (χ0n) is 8.61. The molecule has 0 rings (SSSR count). The van der Waals surface area contributed by atoms with E-state index in [9.17, 15) is 4.79 Å². The highest BCUT2D eigenvalue weighted by molar-refractivity contribution is 5.78. The van der Waals surface area contributed by atoms with Crippen molar-refractivity contribution in [3.05, 3.63) is 36.1 Å². The molecule has 0 atom stereocenters. The van der Waals surface area contributed by atoms with Crippen molar-refractivity contribution in [2.24, 2.45) is 0 Å². The van der Waals surface area contributed by atoms with Crippen LogP contribution in [0.4, 0.5) is 0 Å². The Morgan fingerprint density at radius 3 is 2.31 bits per heavy atom. The van der Waals surface area contributed by atoms with E-state index in [1.807, 2.05) is 20.8 Å². The largest absolute Gasteiger partial charge is 0.326 e. The van der Waals surface area contributed by atoms with E-state index in [-0.39, 0.29) is 5.91 Å². The third-order valence-corrected chi connectivity index (χ3v) is 1.71. The van der Waals surface area contributed by atoms with Gasteiger partial charge in [-0.2, -0.15) is 0 Å². The van der Waals surface area contributed by atoms with Gasteiger partial charge in [0.15, 0.2) is 0 Å². The zero-order valence-corrected chi connectivity index (χ0v) is 8.61. The van der Waals surface area contributed by atoms with Crippen LogP contribution in [-0.2, 0) is 4.79 Å². The topological polar surface area (TPSA) is 29.1 Å². The molecule has 0 heterocycles. The van der Waals surface area contributed by atoms with Crippen molar-refractivity contribution in [3.63, 3.8) is 0 Å². The minimum absolute atomic E-state index is 0.000741. The maximum absolute atomic E-state index is 11.1. The third-order valence-electron chi connectivity index (χ3n) is 1.71. The van der Waals surface area contributed by atoms with Gasteiger partial charge in [-0.1, -0.05) is 26.2 Å². The van der Waals surface area contributed by atoms with Gasteiger partial charge in [0.1, 0.15) is 0 Å². The van der Waals surface area contributed by atoms with E-state index >= 15 is 0 Å². The molecule has 1 amide bonds. The molecule has 0 aliphatic heterocycles. The molecule has 2 nitrogen and oxygen atoms in total. The van der Waals surface area contributed by atoms with Gasteiger partial charge >= 0.3 is 0 Å². The summed E-state index contributed by atoms with van der Waals surface area (Å²) >= 11 is 0. The molecule has 0 aliphatic rings. The van der Waals surface area contributed by atoms with Crippen molar-refractivity contribution in [1.29, 1.82) is 0 Å². The number of carbonyl (C=O) groups excluding carboxylic acids is 1. The molecule has 13 heavy (non-hydrogen) atoms. The van der Waals surface area contributed by atoms with Crippen molar-refractivity contribution < 1.29 is 4.79 Å². The van der Waals surface area contributed by atoms with Crippen LogP contribution in [0.5, 0.6) is 0 Å². The Labute approximate surface area is 80.0 Å². The second-order valence-electron chi connectivity index (χ2n) is 2.94. The van der Waals surface area contributed by atoms with Crippen molar-refractivity contribution in [2.45, 2.75) is 27.2 Å². The highest BCUT2D eigenvalue weighted by Crippen LogP contribution is 2.10. The van der Waals surface area contributed by atoms with Crippen LogP contribution in [0.15, 0.2) is 36.1 Å². The molecule has 0 saturated heterocycles. The number of nitrogens with one attached hydrogen (secondary N) is 1. The SMILES string of the molecule is C=C/C(C)=C(/NC(=O)CC)C(=C)C. The van der Waals surface area contributed by atoms with E-state index in [2.05, 4.69) is 18.5 Å². The first-order valence-corrected chi connectivity index (χ1v) is 4.32. The normalized spacial score (nSPS) is 11.6. The first-order chi connectivity index (χ1) is 6.02. The summed E-state index contributed by atoms with van der Waals surface area (Å²) in [7, 11) is 0. The molecule has 0 spiro atoms. The van der Waals surface area contributed by atoms with Crippen LogP contribution in [0, 0.1) is 0 Å². The van der Waals surface area contributed by atoms with Gasteiger partial charge in [0.2, 0.25) is 5.91 Å². The summed E-state index contributed by atoms with van der Waals surface area (Å²) in [4.78, 5) is 11.1. The maximum atomic E-state index is 11.1. The van der Waals surface area contributed by atoms with Gasteiger partial charge in [-0.25, -0.2) is 0 Å². The number of allylic oxidation sites excluding steroid dienone is 3. The van der Waals surface area contributed by atoms with Gasteiger partial charge in [-0.3, -0.25) is 4.79 Å². The molecule has 0 saturated carbocycles. The molecule has 0 fully saturated rings. The zero-order chi connectivity index (χ0) is 10.4. The average Bonchev–Trinajstić information content (AvgIpc) is 2.11. The smallest absolute Gasteiger partial charge is 0.224 e. The molecule has 72 valence electrons. The number of rotatable bonds is 4. The lowest BCUT2D eigenvalue weighted by Gasteiger charge is -2.10. The molecule has 0 aromatic carbocycles. The summed E-state index contributed by atoms with van der Waals surface area (Å²) < 4.78 is 0.